The molecule has 1 unspecified atom stereocenters. The predicted molar refractivity (Wildman–Crippen MR) is 239 cm³/mol. The van der Waals surface area contributed by atoms with Gasteiger partial charge in [-0.25, -0.2) is 9.97 Å². The number of hydrogen-bond acceptors (Lipinski definition) is 5. The molecular formula is C49H60N4O5. The number of nitrogens with one attached hydrogen (secondary N) is 2. The molecule has 3 aromatic heterocycles. The molecule has 2 aliphatic heterocycles. The van der Waals surface area contributed by atoms with Crippen LogP contribution in [-0.2, 0) is 16.0 Å². The van der Waals surface area contributed by atoms with E-state index in [4.69, 9.17) is 9.97 Å². The molecule has 58 heavy (non-hydrogen) atoms. The van der Waals surface area contributed by atoms with Gasteiger partial charge in [-0.1, -0.05) is 47.6 Å². The second-order valence-corrected chi connectivity index (χ2v) is 16.1. The van der Waals surface area contributed by atoms with Gasteiger partial charge in [0, 0.05) is 46.0 Å². The SMILES string of the molecule is C=Cc1c(C)c2cc3nc(cc4nc(cc5[nH]c(cc1[nH]2)c(C)c5CCC(=O)O)C(CCC(=O)O)=C4C)C(C)=C3C(O)CCC=C(C)CCC=C(C)CCC=C(C)C. The zero-order valence-electron chi connectivity index (χ0n) is 35.5. The smallest absolute Gasteiger partial charge is 0.303 e. The van der Waals surface area contributed by atoms with Crippen molar-refractivity contribution in [2.24, 2.45) is 0 Å². The number of carboxylic acid groups (broad SMARTS) is 2. The predicted octanol–water partition coefficient (Wildman–Crippen LogP) is 11.9. The first-order valence-electron chi connectivity index (χ1n) is 20.4. The molecule has 0 spiro atoms. The summed E-state index contributed by atoms with van der Waals surface area (Å²) in [5.41, 5.74) is 16.9. The topological polar surface area (TPSA) is 152 Å². The van der Waals surface area contributed by atoms with Crippen LogP contribution in [0.3, 0.4) is 0 Å². The van der Waals surface area contributed by atoms with Crippen molar-refractivity contribution in [3.63, 3.8) is 0 Å². The fraction of sp³-hybridized carbons (Fsp3) is 0.388. The molecule has 0 saturated carbocycles. The summed E-state index contributed by atoms with van der Waals surface area (Å²) in [5.74, 6) is -1.79. The van der Waals surface area contributed by atoms with Gasteiger partial charge < -0.3 is 25.3 Å². The summed E-state index contributed by atoms with van der Waals surface area (Å²) in [6.07, 6.45) is 13.8. The third-order valence-corrected chi connectivity index (χ3v) is 11.4. The molecule has 3 aromatic rings. The summed E-state index contributed by atoms with van der Waals surface area (Å²) in [5, 5.41) is 31.1. The van der Waals surface area contributed by atoms with E-state index < -0.39 is 18.0 Å². The zero-order valence-corrected chi connectivity index (χ0v) is 35.5. The Labute approximate surface area is 342 Å². The highest BCUT2D eigenvalue weighted by Crippen LogP contribution is 2.38. The van der Waals surface area contributed by atoms with Gasteiger partial charge in [0.2, 0.25) is 0 Å². The Morgan fingerprint density at radius 3 is 1.90 bits per heavy atom. The first-order valence-corrected chi connectivity index (χ1v) is 20.4. The Balaban J connectivity index is 1.61. The van der Waals surface area contributed by atoms with Crippen LogP contribution in [-0.4, -0.2) is 53.3 Å². The van der Waals surface area contributed by atoms with Crippen molar-refractivity contribution >= 4 is 62.4 Å². The summed E-state index contributed by atoms with van der Waals surface area (Å²) in [7, 11) is 0. The van der Waals surface area contributed by atoms with Gasteiger partial charge in [0.05, 0.1) is 28.9 Å². The van der Waals surface area contributed by atoms with Crippen LogP contribution in [0.5, 0.6) is 0 Å². The van der Waals surface area contributed by atoms with E-state index in [0.29, 0.717) is 35.6 Å². The van der Waals surface area contributed by atoms with Crippen LogP contribution in [0.4, 0.5) is 0 Å². The molecule has 2 aliphatic rings. The Morgan fingerprint density at radius 2 is 1.24 bits per heavy atom. The maximum atomic E-state index is 11.9. The summed E-state index contributed by atoms with van der Waals surface area (Å²) in [6, 6.07) is 7.85. The molecule has 306 valence electrons. The minimum atomic E-state index is -0.904. The van der Waals surface area contributed by atoms with Gasteiger partial charge in [-0.15, -0.1) is 0 Å². The largest absolute Gasteiger partial charge is 0.481 e. The van der Waals surface area contributed by atoms with E-state index in [9.17, 15) is 24.9 Å². The van der Waals surface area contributed by atoms with Crippen LogP contribution in [0.15, 0.2) is 65.8 Å². The molecule has 8 bridgehead atoms. The van der Waals surface area contributed by atoms with Crippen LogP contribution >= 0.6 is 0 Å². The molecule has 9 nitrogen and oxygen atoms in total. The summed E-state index contributed by atoms with van der Waals surface area (Å²) < 4.78 is 0. The number of aliphatic carboxylic acids is 2. The number of aromatic nitrogens is 4. The number of rotatable bonds is 17. The molecule has 5 rings (SSSR count). The number of hydrogen-bond donors (Lipinski definition) is 5. The van der Waals surface area contributed by atoms with Crippen molar-refractivity contribution < 1.29 is 24.9 Å². The Bertz CT molecular complexity index is 2430. The average Bonchev–Trinajstić information content (AvgIpc) is 3.82. The second kappa shape index (κ2) is 19.3. The Morgan fingerprint density at radius 1 is 0.672 bits per heavy atom. The fourth-order valence-electron chi connectivity index (χ4n) is 7.90. The van der Waals surface area contributed by atoms with Gasteiger partial charge in [-0.2, -0.15) is 0 Å². The maximum Gasteiger partial charge on any atom is 0.303 e. The number of carboxylic acids is 2. The van der Waals surface area contributed by atoms with Crippen molar-refractivity contribution in [1.82, 2.24) is 19.9 Å². The van der Waals surface area contributed by atoms with E-state index in [0.717, 1.165) is 98.7 Å². The molecule has 5 heterocycles. The molecule has 0 fully saturated rings. The Kier molecular flexibility index (Phi) is 14.5. The maximum absolute atomic E-state index is 11.9. The number of fused-ring (bicyclic) bond motifs is 8. The van der Waals surface area contributed by atoms with Crippen LogP contribution in [0, 0.1) is 13.8 Å². The van der Waals surface area contributed by atoms with Crippen LogP contribution in [0.1, 0.15) is 144 Å². The summed E-state index contributed by atoms with van der Waals surface area (Å²) >= 11 is 0. The van der Waals surface area contributed by atoms with Crippen molar-refractivity contribution in [2.75, 3.05) is 0 Å². The monoisotopic (exact) mass is 784 g/mol. The van der Waals surface area contributed by atoms with Gasteiger partial charge >= 0.3 is 11.9 Å². The van der Waals surface area contributed by atoms with E-state index >= 15 is 0 Å². The lowest BCUT2D eigenvalue weighted by Crippen LogP contribution is -2.09. The van der Waals surface area contributed by atoms with Crippen molar-refractivity contribution in [1.29, 1.82) is 0 Å². The third kappa shape index (κ3) is 10.5. The van der Waals surface area contributed by atoms with E-state index in [1.807, 2.05) is 58.0 Å². The van der Waals surface area contributed by atoms with Gasteiger partial charge in [0.25, 0.3) is 0 Å². The summed E-state index contributed by atoms with van der Waals surface area (Å²) in [6.45, 7) is 20.7. The Hall–Kier alpha value is -5.54. The number of allylic oxidation sites excluding steroid dienone is 9. The second-order valence-electron chi connectivity index (χ2n) is 16.1. The van der Waals surface area contributed by atoms with E-state index in [2.05, 4.69) is 62.5 Å². The number of aromatic amines is 2. The van der Waals surface area contributed by atoms with E-state index in [-0.39, 0.29) is 19.3 Å². The first kappa shape index (κ1) is 43.6. The van der Waals surface area contributed by atoms with E-state index in [1.165, 1.54) is 16.7 Å². The lowest BCUT2D eigenvalue weighted by atomic mass is 9.96. The van der Waals surface area contributed by atoms with E-state index in [1.54, 1.807) is 0 Å². The molecule has 0 saturated heterocycles. The number of aliphatic hydroxyl groups is 1. The van der Waals surface area contributed by atoms with Crippen LogP contribution in [0.25, 0.3) is 50.4 Å². The van der Waals surface area contributed by atoms with Crippen LogP contribution in [0.2, 0.25) is 0 Å². The number of H-pyrrole nitrogens is 2. The minimum Gasteiger partial charge on any atom is -0.481 e. The lowest BCUT2D eigenvalue weighted by molar-refractivity contribution is -0.137. The quantitative estimate of drug-likeness (QED) is 0.0854. The summed E-state index contributed by atoms with van der Waals surface area (Å²) in [4.78, 5) is 40.8. The highest BCUT2D eigenvalue weighted by atomic mass is 16.4. The number of aryl methyl sites for hydroxylation is 3. The highest BCUT2D eigenvalue weighted by Gasteiger charge is 2.25. The van der Waals surface area contributed by atoms with Crippen molar-refractivity contribution in [2.45, 2.75) is 126 Å². The fourth-order valence-corrected chi connectivity index (χ4v) is 7.90. The highest BCUT2D eigenvalue weighted by molar-refractivity contribution is 5.97. The van der Waals surface area contributed by atoms with Crippen molar-refractivity contribution in [3.8, 4) is 0 Å². The molecule has 0 aromatic carbocycles. The standard InChI is InChI=1S/C49H60N4O5/c1-10-35-31(6)40-26-45-49(46(54)19-13-18-30(5)17-12-16-29(4)15-11-14-28(2)3)34(9)41(53-45)24-38-32(7)36(20-22-47(55)56)43(51-38)27-44-37(21-23-48(57)58)33(8)39(52-44)25-42(35)50-40/h10,14,16,18,24-27,46,50,52,54H,1,11-13,15,17,19-23H2,2-9H3,(H,55,56)(H,57,58). The first-order chi connectivity index (χ1) is 27.6. The molecular weight excluding hydrogens is 725 g/mol. The molecule has 5 N–H and O–H groups in total. The minimum absolute atomic E-state index is 0.0429. The average molecular weight is 785 g/mol. The van der Waals surface area contributed by atoms with Crippen molar-refractivity contribution in [3.05, 3.63) is 111 Å². The lowest BCUT2D eigenvalue weighted by Gasteiger charge is -2.13. The van der Waals surface area contributed by atoms with Gasteiger partial charge in [-0.05, 0) is 164 Å². The molecule has 0 aliphatic carbocycles. The molecule has 0 radical (unpaired) electrons. The number of aliphatic hydroxyl groups excluding tert-OH is 1. The third-order valence-electron chi connectivity index (χ3n) is 11.4. The number of carbonyl (C=O) groups is 2. The molecule has 9 heteroatoms. The molecule has 1 atom stereocenters. The van der Waals surface area contributed by atoms with Crippen LogP contribution < -0.4 is 0 Å². The zero-order chi connectivity index (χ0) is 42.3. The van der Waals surface area contributed by atoms with Gasteiger partial charge in [0.1, 0.15) is 0 Å². The normalized spacial score (nSPS) is 13.9. The number of nitrogens with zero attached hydrogens (tertiary/aromatic N) is 2. The van der Waals surface area contributed by atoms with Gasteiger partial charge in [0.15, 0.2) is 0 Å². The van der Waals surface area contributed by atoms with Gasteiger partial charge in [-0.3, -0.25) is 9.59 Å². The molecule has 0 amide bonds.